The standard InChI is InChI=1S/C11H16BrNO5S/c1-16-5-4-13-19(14,15)11-7-10(18-3)9(17-2)6-8(11)12/h6-7,13H,4-5H2,1-3H3. The second-order valence-electron chi connectivity index (χ2n) is 3.53. The Bertz CT molecular complexity index is 532. The van der Waals surface area contributed by atoms with Crippen LogP contribution in [0.15, 0.2) is 21.5 Å². The minimum absolute atomic E-state index is 0.0845. The molecule has 1 N–H and O–H groups in total. The van der Waals surface area contributed by atoms with Crippen LogP contribution in [0.4, 0.5) is 0 Å². The van der Waals surface area contributed by atoms with Crippen molar-refractivity contribution in [2.24, 2.45) is 0 Å². The van der Waals surface area contributed by atoms with E-state index in [1.807, 2.05) is 0 Å². The van der Waals surface area contributed by atoms with Gasteiger partial charge in [-0.05, 0) is 22.0 Å². The molecule has 0 heterocycles. The molecule has 0 aliphatic heterocycles. The molecule has 0 bridgehead atoms. The van der Waals surface area contributed by atoms with Crippen molar-refractivity contribution in [2.45, 2.75) is 4.90 Å². The predicted octanol–water partition coefficient (Wildman–Crippen LogP) is 1.39. The van der Waals surface area contributed by atoms with E-state index in [0.717, 1.165) is 0 Å². The van der Waals surface area contributed by atoms with Gasteiger partial charge in [-0.1, -0.05) is 0 Å². The molecule has 0 spiro atoms. The summed E-state index contributed by atoms with van der Waals surface area (Å²) in [5.74, 6) is 0.794. The molecule has 19 heavy (non-hydrogen) atoms. The third-order valence-electron chi connectivity index (χ3n) is 2.33. The van der Waals surface area contributed by atoms with Crippen molar-refractivity contribution in [3.63, 3.8) is 0 Å². The van der Waals surface area contributed by atoms with Crippen LogP contribution in [-0.2, 0) is 14.8 Å². The van der Waals surface area contributed by atoms with E-state index in [-0.39, 0.29) is 11.4 Å². The highest BCUT2D eigenvalue weighted by Gasteiger charge is 2.20. The molecule has 6 nitrogen and oxygen atoms in total. The maximum Gasteiger partial charge on any atom is 0.241 e. The second-order valence-corrected chi connectivity index (χ2v) is 6.12. The minimum Gasteiger partial charge on any atom is -0.493 e. The van der Waals surface area contributed by atoms with Crippen molar-refractivity contribution in [2.75, 3.05) is 34.5 Å². The van der Waals surface area contributed by atoms with E-state index in [2.05, 4.69) is 20.7 Å². The monoisotopic (exact) mass is 353 g/mol. The number of sulfonamides is 1. The summed E-state index contributed by atoms with van der Waals surface area (Å²) in [6.45, 7) is 0.490. The summed E-state index contributed by atoms with van der Waals surface area (Å²) in [6.07, 6.45) is 0. The van der Waals surface area contributed by atoms with Crippen LogP contribution in [0, 0.1) is 0 Å². The quantitative estimate of drug-likeness (QED) is 0.749. The first-order chi connectivity index (χ1) is 8.96. The second kappa shape index (κ2) is 7.09. The fourth-order valence-electron chi connectivity index (χ4n) is 1.40. The number of halogens is 1. The topological polar surface area (TPSA) is 73.9 Å². The Labute approximate surface area is 121 Å². The number of methoxy groups -OCH3 is 3. The number of nitrogens with one attached hydrogen (secondary N) is 1. The number of benzene rings is 1. The Morgan fingerprint density at radius 3 is 2.26 bits per heavy atom. The molecule has 1 aromatic rings. The lowest BCUT2D eigenvalue weighted by Gasteiger charge is -2.12. The molecule has 0 aromatic heterocycles. The fraction of sp³-hybridized carbons (Fsp3) is 0.455. The van der Waals surface area contributed by atoms with Gasteiger partial charge in [0.05, 0.1) is 20.8 Å². The number of hydrogen-bond acceptors (Lipinski definition) is 5. The highest BCUT2D eigenvalue weighted by molar-refractivity contribution is 9.10. The van der Waals surface area contributed by atoms with E-state index in [9.17, 15) is 8.42 Å². The van der Waals surface area contributed by atoms with Crippen LogP contribution in [0.5, 0.6) is 11.5 Å². The molecular formula is C11H16BrNO5S. The summed E-state index contributed by atoms with van der Waals surface area (Å²) in [5, 5.41) is 0. The molecule has 0 saturated heterocycles. The lowest BCUT2D eigenvalue weighted by atomic mass is 10.3. The lowest BCUT2D eigenvalue weighted by molar-refractivity contribution is 0.204. The zero-order chi connectivity index (χ0) is 14.5. The van der Waals surface area contributed by atoms with Gasteiger partial charge in [-0.3, -0.25) is 0 Å². The number of ether oxygens (including phenoxy) is 3. The summed E-state index contributed by atoms with van der Waals surface area (Å²) in [5.41, 5.74) is 0. The van der Waals surface area contributed by atoms with Crippen molar-refractivity contribution >= 4 is 26.0 Å². The average Bonchev–Trinajstić information content (AvgIpc) is 2.38. The summed E-state index contributed by atoms with van der Waals surface area (Å²) in [7, 11) is 0.794. The molecule has 0 radical (unpaired) electrons. The maximum absolute atomic E-state index is 12.1. The first kappa shape index (κ1) is 16.2. The van der Waals surface area contributed by atoms with Crippen LogP contribution in [0.25, 0.3) is 0 Å². The minimum atomic E-state index is -3.63. The highest BCUT2D eigenvalue weighted by atomic mass is 79.9. The van der Waals surface area contributed by atoms with Gasteiger partial charge in [-0.15, -0.1) is 0 Å². The molecule has 0 aliphatic rings. The molecular weight excluding hydrogens is 338 g/mol. The first-order valence-electron chi connectivity index (χ1n) is 5.36. The van der Waals surface area contributed by atoms with Crippen molar-refractivity contribution in [1.29, 1.82) is 0 Å². The lowest BCUT2D eigenvalue weighted by Crippen LogP contribution is -2.27. The number of rotatable bonds is 7. The Kier molecular flexibility index (Phi) is 6.05. The van der Waals surface area contributed by atoms with Crippen LogP contribution in [0.3, 0.4) is 0 Å². The molecule has 0 fully saturated rings. The van der Waals surface area contributed by atoms with Gasteiger partial charge < -0.3 is 14.2 Å². The van der Waals surface area contributed by atoms with Crippen LogP contribution in [0.1, 0.15) is 0 Å². The number of hydrogen-bond donors (Lipinski definition) is 1. The van der Waals surface area contributed by atoms with Crippen LogP contribution in [-0.4, -0.2) is 42.9 Å². The largest absolute Gasteiger partial charge is 0.493 e. The average molecular weight is 354 g/mol. The van der Waals surface area contributed by atoms with Gasteiger partial charge in [0.1, 0.15) is 4.90 Å². The third-order valence-corrected chi connectivity index (χ3v) is 4.75. The van der Waals surface area contributed by atoms with Crippen LogP contribution >= 0.6 is 15.9 Å². The van der Waals surface area contributed by atoms with Crippen LogP contribution < -0.4 is 14.2 Å². The van der Waals surface area contributed by atoms with E-state index in [0.29, 0.717) is 22.6 Å². The van der Waals surface area contributed by atoms with Crippen molar-refractivity contribution in [3.8, 4) is 11.5 Å². The van der Waals surface area contributed by atoms with Gasteiger partial charge in [0.2, 0.25) is 10.0 Å². The normalized spacial score (nSPS) is 11.4. The molecule has 0 amide bonds. The molecule has 1 aromatic carbocycles. The molecule has 108 valence electrons. The molecule has 0 saturated carbocycles. The zero-order valence-electron chi connectivity index (χ0n) is 10.9. The Balaban J connectivity index is 3.12. The van der Waals surface area contributed by atoms with Crippen molar-refractivity contribution < 1.29 is 22.6 Å². The Hall–Kier alpha value is -0.830. The van der Waals surface area contributed by atoms with Gasteiger partial charge in [-0.2, -0.15) is 0 Å². The molecule has 1 rings (SSSR count). The zero-order valence-corrected chi connectivity index (χ0v) is 13.3. The fourth-order valence-corrected chi connectivity index (χ4v) is 3.44. The maximum atomic E-state index is 12.1. The van der Waals surface area contributed by atoms with E-state index < -0.39 is 10.0 Å². The summed E-state index contributed by atoms with van der Waals surface area (Å²) in [4.78, 5) is 0.0845. The summed E-state index contributed by atoms with van der Waals surface area (Å²) >= 11 is 3.21. The van der Waals surface area contributed by atoms with Gasteiger partial charge in [0.25, 0.3) is 0 Å². The van der Waals surface area contributed by atoms with Gasteiger partial charge in [0, 0.05) is 24.2 Å². The smallest absolute Gasteiger partial charge is 0.241 e. The van der Waals surface area contributed by atoms with Crippen molar-refractivity contribution in [3.05, 3.63) is 16.6 Å². The third kappa shape index (κ3) is 4.07. The van der Waals surface area contributed by atoms with E-state index >= 15 is 0 Å². The Morgan fingerprint density at radius 1 is 1.16 bits per heavy atom. The first-order valence-corrected chi connectivity index (χ1v) is 7.64. The van der Waals surface area contributed by atoms with E-state index in [1.165, 1.54) is 27.4 Å². The Morgan fingerprint density at radius 2 is 1.74 bits per heavy atom. The predicted molar refractivity (Wildman–Crippen MR) is 74.3 cm³/mol. The highest BCUT2D eigenvalue weighted by Crippen LogP contribution is 2.35. The van der Waals surface area contributed by atoms with Gasteiger partial charge in [0.15, 0.2) is 11.5 Å². The summed E-state index contributed by atoms with van der Waals surface area (Å²) in [6, 6.07) is 2.95. The SMILES string of the molecule is COCCNS(=O)(=O)c1cc(OC)c(OC)cc1Br. The van der Waals surface area contributed by atoms with E-state index in [1.54, 1.807) is 6.07 Å². The van der Waals surface area contributed by atoms with Crippen LogP contribution in [0.2, 0.25) is 0 Å². The molecule has 0 unspecified atom stereocenters. The van der Waals surface area contributed by atoms with Crippen molar-refractivity contribution in [1.82, 2.24) is 4.72 Å². The van der Waals surface area contributed by atoms with Gasteiger partial charge >= 0.3 is 0 Å². The summed E-state index contributed by atoms with van der Waals surface area (Å²) < 4.78 is 42.0. The molecule has 0 atom stereocenters. The molecule has 0 aliphatic carbocycles. The van der Waals surface area contributed by atoms with E-state index in [4.69, 9.17) is 14.2 Å². The van der Waals surface area contributed by atoms with Gasteiger partial charge in [-0.25, -0.2) is 13.1 Å². The molecule has 8 heteroatoms.